The quantitative estimate of drug-likeness (QED) is 0.284. The second-order valence-electron chi connectivity index (χ2n) is 7.04. The largest absolute Gasteiger partial charge is 0.497 e. The van der Waals surface area contributed by atoms with Crippen LogP contribution in [0.25, 0.3) is 0 Å². The molecule has 36 heavy (non-hydrogen) atoms. The lowest BCUT2D eigenvalue weighted by atomic mass is 10.3. The number of ether oxygens (including phenoxy) is 6. The number of nitrogens with one attached hydrogen (secondary N) is 1. The zero-order valence-corrected chi connectivity index (χ0v) is 20.6. The number of hydrogen-bond donors (Lipinski definition) is 1. The van der Waals surface area contributed by atoms with Gasteiger partial charge in [-0.1, -0.05) is 11.6 Å². The number of benzene rings is 2. The molecule has 0 radical (unpaired) electrons. The van der Waals surface area contributed by atoms with Crippen LogP contribution < -0.4 is 28.4 Å². The smallest absolute Gasteiger partial charge is 0.263 e. The lowest BCUT2D eigenvalue weighted by Crippen LogP contribution is -2.17. The Kier molecular flexibility index (Phi) is 7.62. The molecule has 0 aliphatic carbocycles. The number of methoxy groups -OCH3 is 2. The Morgan fingerprint density at radius 1 is 1.08 bits per heavy atom. The van der Waals surface area contributed by atoms with E-state index in [1.54, 1.807) is 6.07 Å². The minimum absolute atomic E-state index is 0.0162. The summed E-state index contributed by atoms with van der Waals surface area (Å²) >= 11 is 6.27. The maximum atomic E-state index is 13.2. The lowest BCUT2D eigenvalue weighted by molar-refractivity contribution is 0.111. The van der Waals surface area contributed by atoms with Gasteiger partial charge in [0.15, 0.2) is 29.4 Å². The van der Waals surface area contributed by atoms with Crippen LogP contribution in [0.4, 0.5) is 5.82 Å². The summed E-state index contributed by atoms with van der Waals surface area (Å²) in [7, 11) is -1.32. The number of aldehydes is 1. The van der Waals surface area contributed by atoms with Crippen LogP contribution in [-0.4, -0.2) is 58.9 Å². The first-order chi connectivity index (χ1) is 17.3. The van der Waals surface area contributed by atoms with Crippen molar-refractivity contribution in [2.24, 2.45) is 0 Å². The average Bonchev–Trinajstić information content (AvgIpc) is 3.34. The molecule has 12 nitrogen and oxygen atoms in total. The van der Waals surface area contributed by atoms with Gasteiger partial charge in [0.05, 0.1) is 23.6 Å². The van der Waals surface area contributed by atoms with Crippen LogP contribution in [-0.2, 0) is 14.8 Å². The van der Waals surface area contributed by atoms with E-state index in [0.717, 1.165) is 0 Å². The van der Waals surface area contributed by atoms with Crippen molar-refractivity contribution in [3.05, 3.63) is 47.2 Å². The van der Waals surface area contributed by atoms with Crippen molar-refractivity contribution in [2.45, 2.75) is 4.90 Å². The molecule has 1 N–H and O–H groups in total. The van der Waals surface area contributed by atoms with Crippen molar-refractivity contribution in [1.29, 1.82) is 0 Å². The molecule has 0 bridgehead atoms. The first-order valence-electron chi connectivity index (χ1n) is 10.3. The van der Waals surface area contributed by atoms with Gasteiger partial charge in [-0.05, 0) is 24.3 Å². The first-order valence-corrected chi connectivity index (χ1v) is 12.1. The van der Waals surface area contributed by atoms with Gasteiger partial charge in [-0.15, -0.1) is 0 Å². The van der Waals surface area contributed by atoms with Gasteiger partial charge in [0.1, 0.15) is 18.1 Å². The number of carbonyl (C=O) groups is 1. The maximum Gasteiger partial charge on any atom is 0.263 e. The molecular formula is C22H20ClN3O9S. The Balaban J connectivity index is 1.78. The Labute approximate surface area is 211 Å². The van der Waals surface area contributed by atoms with Crippen LogP contribution in [0.5, 0.6) is 34.6 Å². The third kappa shape index (κ3) is 5.53. The fourth-order valence-corrected chi connectivity index (χ4v) is 4.19. The van der Waals surface area contributed by atoms with Gasteiger partial charge in [0.2, 0.25) is 12.5 Å². The second kappa shape index (κ2) is 10.8. The molecule has 3 aromatic rings. The number of anilines is 1. The van der Waals surface area contributed by atoms with Gasteiger partial charge < -0.3 is 28.4 Å². The normalized spacial score (nSPS) is 12.2. The fourth-order valence-electron chi connectivity index (χ4n) is 3.01. The van der Waals surface area contributed by atoms with Gasteiger partial charge in [0.25, 0.3) is 15.9 Å². The summed E-state index contributed by atoms with van der Waals surface area (Å²) in [6.45, 7) is 0.169. The molecule has 2 aromatic carbocycles. The highest BCUT2D eigenvalue weighted by molar-refractivity contribution is 7.92. The van der Waals surface area contributed by atoms with Crippen molar-refractivity contribution in [3.63, 3.8) is 0 Å². The molecule has 2 heterocycles. The zero-order valence-electron chi connectivity index (χ0n) is 19.0. The zero-order chi connectivity index (χ0) is 25.7. The highest BCUT2D eigenvalue weighted by Crippen LogP contribution is 2.41. The molecule has 0 fully saturated rings. The molecule has 1 aromatic heterocycles. The summed E-state index contributed by atoms with van der Waals surface area (Å²) in [6, 6.07) is 8.69. The molecule has 190 valence electrons. The van der Waals surface area contributed by atoms with Gasteiger partial charge in [-0.3, -0.25) is 9.52 Å². The molecule has 0 unspecified atom stereocenters. The standard InChI is InChI=1S/C22H20ClN3O9S/c1-30-7-8-32-22-20(35-17-9-13(31-2)3-5-15(17)23)21(24-19(11-27)25-22)26-36(28,29)14-4-6-16-18(10-14)34-12-33-16/h3-6,9-11H,7-8,12H2,1-2H3,(H,24,25,26). The number of hydrogen-bond acceptors (Lipinski definition) is 11. The Morgan fingerprint density at radius 3 is 2.64 bits per heavy atom. The number of halogens is 1. The summed E-state index contributed by atoms with van der Waals surface area (Å²) < 4.78 is 61.0. The highest BCUT2D eigenvalue weighted by atomic mass is 35.5. The van der Waals surface area contributed by atoms with Gasteiger partial charge in [0, 0.05) is 19.2 Å². The summed E-state index contributed by atoms with van der Waals surface area (Å²) in [6.07, 6.45) is 0.337. The molecule has 0 amide bonds. The summed E-state index contributed by atoms with van der Waals surface area (Å²) in [5.41, 5.74) is 0. The van der Waals surface area contributed by atoms with E-state index in [-0.39, 0.29) is 64.7 Å². The fraction of sp³-hybridized carbons (Fsp3) is 0.227. The molecule has 0 atom stereocenters. The maximum absolute atomic E-state index is 13.2. The molecule has 1 aliphatic heterocycles. The molecule has 4 rings (SSSR count). The second-order valence-corrected chi connectivity index (χ2v) is 9.13. The van der Waals surface area contributed by atoms with E-state index in [0.29, 0.717) is 17.8 Å². The minimum atomic E-state index is -4.25. The van der Waals surface area contributed by atoms with E-state index in [1.165, 1.54) is 44.6 Å². The topological polar surface area (TPSA) is 144 Å². The predicted octanol–water partition coefficient (Wildman–Crippen LogP) is 3.30. The van der Waals surface area contributed by atoms with Crippen LogP contribution in [0.1, 0.15) is 10.6 Å². The molecule has 0 saturated carbocycles. The number of fused-ring (bicyclic) bond motifs is 1. The molecule has 1 aliphatic rings. The van der Waals surface area contributed by atoms with E-state index < -0.39 is 10.0 Å². The number of rotatable bonds is 11. The highest BCUT2D eigenvalue weighted by Gasteiger charge is 2.26. The molecule has 14 heteroatoms. The molecule has 0 spiro atoms. The number of aromatic nitrogens is 2. The van der Waals surface area contributed by atoms with E-state index in [9.17, 15) is 13.2 Å². The van der Waals surface area contributed by atoms with Gasteiger partial charge in [-0.25, -0.2) is 13.4 Å². The monoisotopic (exact) mass is 537 g/mol. The average molecular weight is 538 g/mol. The van der Waals surface area contributed by atoms with E-state index in [2.05, 4.69) is 14.7 Å². The van der Waals surface area contributed by atoms with Crippen LogP contribution in [0.15, 0.2) is 41.3 Å². The summed E-state index contributed by atoms with van der Waals surface area (Å²) in [5, 5.41) is 0.183. The molecular weight excluding hydrogens is 518 g/mol. The van der Waals surface area contributed by atoms with Gasteiger partial charge >= 0.3 is 0 Å². The van der Waals surface area contributed by atoms with Crippen LogP contribution in [0.2, 0.25) is 5.02 Å². The van der Waals surface area contributed by atoms with Crippen molar-refractivity contribution >= 4 is 33.7 Å². The molecule has 0 saturated heterocycles. The van der Waals surface area contributed by atoms with Crippen molar-refractivity contribution in [1.82, 2.24) is 9.97 Å². The van der Waals surface area contributed by atoms with E-state index in [4.69, 9.17) is 40.0 Å². The number of carbonyl (C=O) groups excluding carboxylic acids is 1. The van der Waals surface area contributed by atoms with Crippen molar-refractivity contribution in [3.8, 4) is 34.6 Å². The van der Waals surface area contributed by atoms with E-state index in [1.807, 2.05) is 0 Å². The van der Waals surface area contributed by atoms with E-state index >= 15 is 0 Å². The predicted molar refractivity (Wildman–Crippen MR) is 126 cm³/mol. The van der Waals surface area contributed by atoms with Crippen LogP contribution in [0, 0.1) is 0 Å². The summed E-state index contributed by atoms with van der Waals surface area (Å²) in [4.78, 5) is 19.4. The SMILES string of the molecule is COCCOc1nc(C=O)nc(NS(=O)(=O)c2ccc3c(c2)OCO3)c1Oc1cc(OC)ccc1Cl. The summed E-state index contributed by atoms with van der Waals surface area (Å²) in [5.74, 6) is 0.0124. The third-order valence-electron chi connectivity index (χ3n) is 4.72. The Bertz CT molecular complexity index is 1390. The Hall–Kier alpha value is -3.81. The van der Waals surface area contributed by atoms with Crippen LogP contribution >= 0.6 is 11.6 Å². The number of nitrogens with zero attached hydrogens (tertiary/aromatic N) is 2. The van der Waals surface area contributed by atoms with Crippen molar-refractivity contribution < 1.29 is 41.6 Å². The first kappa shape index (κ1) is 25.3. The van der Waals surface area contributed by atoms with Crippen LogP contribution in [0.3, 0.4) is 0 Å². The number of sulfonamides is 1. The van der Waals surface area contributed by atoms with Crippen molar-refractivity contribution in [2.75, 3.05) is 38.9 Å². The third-order valence-corrected chi connectivity index (χ3v) is 6.37. The van der Waals surface area contributed by atoms with Gasteiger partial charge in [-0.2, -0.15) is 4.98 Å². The Morgan fingerprint density at radius 2 is 1.89 bits per heavy atom. The lowest BCUT2D eigenvalue weighted by Gasteiger charge is -2.17. The minimum Gasteiger partial charge on any atom is -0.497 e.